The van der Waals surface area contributed by atoms with Crippen LogP contribution in [-0.4, -0.2) is 34.0 Å². The molecule has 6 aromatic carbocycles. The Balaban J connectivity index is 1.36. The van der Waals surface area contributed by atoms with Crippen LogP contribution >= 0.6 is 0 Å². The molecular weight excluding hydrogens is 616 g/mol. The van der Waals surface area contributed by atoms with Gasteiger partial charge in [0.15, 0.2) is 0 Å². The first kappa shape index (κ1) is 32.2. The van der Waals surface area contributed by atoms with Crippen molar-refractivity contribution in [2.45, 2.75) is 5.92 Å². The van der Waals surface area contributed by atoms with Crippen molar-refractivity contribution in [3.8, 4) is 11.1 Å². The number of aliphatic carboxylic acids is 2. The first-order valence-corrected chi connectivity index (χ1v) is 15.4. The van der Waals surface area contributed by atoms with E-state index < -0.39 is 23.8 Å². The average Bonchev–Trinajstić information content (AvgIpc) is 3.10. The fourth-order valence-electron chi connectivity index (χ4n) is 5.78. The van der Waals surface area contributed by atoms with Gasteiger partial charge in [-0.2, -0.15) is 0 Å². The molecule has 0 aliphatic heterocycles. The number of nitrogens with one attached hydrogen (secondary N) is 2. The molecule has 0 radical (unpaired) electrons. The lowest BCUT2D eigenvalue weighted by Gasteiger charge is -2.21. The van der Waals surface area contributed by atoms with Gasteiger partial charge in [0, 0.05) is 41.6 Å². The van der Waals surface area contributed by atoms with Crippen LogP contribution in [0.3, 0.4) is 0 Å². The quantitative estimate of drug-likeness (QED) is 0.0881. The molecule has 0 spiro atoms. The van der Waals surface area contributed by atoms with Gasteiger partial charge < -0.3 is 20.8 Å². The molecule has 0 bridgehead atoms. The predicted octanol–water partition coefficient (Wildman–Crippen LogP) is 8.00. The second-order valence-electron chi connectivity index (χ2n) is 11.4. The van der Waals surface area contributed by atoms with E-state index in [0.29, 0.717) is 11.4 Å². The highest BCUT2D eigenvalue weighted by molar-refractivity contribution is 6.04. The minimum absolute atomic E-state index is 0.125. The number of amides is 2. The zero-order valence-electron chi connectivity index (χ0n) is 26.0. The van der Waals surface area contributed by atoms with Crippen molar-refractivity contribution < 1.29 is 29.4 Å². The fraction of sp³-hybridized carbons (Fsp3) is 0.0244. The van der Waals surface area contributed by atoms with Gasteiger partial charge in [0.25, 0.3) is 0 Å². The van der Waals surface area contributed by atoms with Gasteiger partial charge in [-0.1, -0.05) is 103 Å². The molecule has 6 aromatic rings. The van der Waals surface area contributed by atoms with Crippen LogP contribution in [0.2, 0.25) is 0 Å². The lowest BCUT2D eigenvalue weighted by molar-refractivity contribution is -0.132. The summed E-state index contributed by atoms with van der Waals surface area (Å²) in [6, 6.07) is 42.3. The second-order valence-corrected chi connectivity index (χ2v) is 11.4. The average molecular weight is 647 g/mol. The molecular formula is C41H30N2O6. The molecule has 0 fully saturated rings. The minimum atomic E-state index is -1.20. The highest BCUT2D eigenvalue weighted by atomic mass is 16.4. The van der Waals surface area contributed by atoms with Crippen LogP contribution < -0.4 is 10.6 Å². The molecule has 0 saturated heterocycles. The van der Waals surface area contributed by atoms with Gasteiger partial charge in [-0.15, -0.1) is 0 Å². The van der Waals surface area contributed by atoms with Gasteiger partial charge in [-0.25, -0.2) is 9.59 Å². The molecule has 0 saturated carbocycles. The van der Waals surface area contributed by atoms with Crippen LogP contribution in [0.15, 0.2) is 152 Å². The molecule has 8 nitrogen and oxygen atoms in total. The molecule has 2 amide bonds. The number of hydrogen-bond acceptors (Lipinski definition) is 4. The summed E-state index contributed by atoms with van der Waals surface area (Å²) >= 11 is 0. The lowest BCUT2D eigenvalue weighted by atomic mass is 9.83. The van der Waals surface area contributed by atoms with Crippen molar-refractivity contribution in [3.63, 3.8) is 0 Å². The standard InChI is InChI=1S/C41H30N2O6/c44-37(18-20-39(46)47)42-35-16-14-29-22-33(12-10-31(29)24-35)41(28-8-6-27(7-9-28)26-4-2-1-3-5-26)34-13-11-32-25-36(17-15-30(32)23-34)43-38(45)19-21-40(48)49/h1-25,41H,(H,42,44)(H,43,45)(H,46,47)(H,48,49)/b20-18+,21-19+. The van der Waals surface area contributed by atoms with E-state index in [9.17, 15) is 19.2 Å². The van der Waals surface area contributed by atoms with Gasteiger partial charge in [0.05, 0.1) is 0 Å². The third kappa shape index (κ3) is 7.96. The molecule has 0 heterocycles. The Morgan fingerprint density at radius 2 is 0.857 bits per heavy atom. The summed E-state index contributed by atoms with van der Waals surface area (Å²) in [5.74, 6) is -3.58. The van der Waals surface area contributed by atoms with E-state index in [-0.39, 0.29) is 5.92 Å². The summed E-state index contributed by atoms with van der Waals surface area (Å²) in [7, 11) is 0. The highest BCUT2D eigenvalue weighted by Crippen LogP contribution is 2.37. The normalized spacial score (nSPS) is 11.4. The summed E-state index contributed by atoms with van der Waals surface area (Å²) in [5.41, 5.74) is 6.57. The first-order valence-electron chi connectivity index (χ1n) is 15.4. The van der Waals surface area contributed by atoms with Crippen molar-refractivity contribution in [2.24, 2.45) is 0 Å². The maximum atomic E-state index is 12.1. The number of benzene rings is 6. The number of carbonyl (C=O) groups excluding carboxylic acids is 2. The van der Waals surface area contributed by atoms with Crippen molar-refractivity contribution in [3.05, 3.63) is 168 Å². The number of carboxylic acid groups (broad SMARTS) is 2. The molecule has 0 aliphatic carbocycles. The predicted molar refractivity (Wildman–Crippen MR) is 192 cm³/mol. The van der Waals surface area contributed by atoms with Crippen LogP contribution in [0.1, 0.15) is 22.6 Å². The first-order chi connectivity index (χ1) is 23.7. The Labute approximate surface area is 281 Å². The van der Waals surface area contributed by atoms with Crippen LogP contribution in [0.4, 0.5) is 11.4 Å². The Morgan fingerprint density at radius 1 is 0.449 bits per heavy atom. The number of rotatable bonds is 10. The van der Waals surface area contributed by atoms with E-state index in [1.54, 1.807) is 12.1 Å². The van der Waals surface area contributed by atoms with Gasteiger partial charge in [0.1, 0.15) is 0 Å². The summed E-state index contributed by atoms with van der Waals surface area (Å²) in [5, 5.41) is 26.8. The lowest BCUT2D eigenvalue weighted by Crippen LogP contribution is -2.08. The van der Waals surface area contributed by atoms with E-state index >= 15 is 0 Å². The number of carboxylic acids is 2. The SMILES string of the molecule is O=C(O)/C=C/C(=O)Nc1ccc2cc(C(c3ccc(-c4ccccc4)cc3)c3ccc4cc(NC(=O)/C=C/C(=O)O)ccc4c3)ccc2c1. The van der Waals surface area contributed by atoms with Crippen LogP contribution in [-0.2, 0) is 19.2 Å². The smallest absolute Gasteiger partial charge is 0.328 e. The third-order valence-corrected chi connectivity index (χ3v) is 8.04. The largest absolute Gasteiger partial charge is 0.478 e. The van der Waals surface area contributed by atoms with E-state index in [1.165, 1.54) is 0 Å². The molecule has 4 N–H and O–H groups in total. The van der Waals surface area contributed by atoms with Crippen molar-refractivity contribution in [1.29, 1.82) is 0 Å². The maximum Gasteiger partial charge on any atom is 0.328 e. The fourth-order valence-corrected chi connectivity index (χ4v) is 5.78. The van der Waals surface area contributed by atoms with Gasteiger partial charge in [-0.3, -0.25) is 9.59 Å². The number of carbonyl (C=O) groups is 4. The molecule has 6 rings (SSSR count). The molecule has 0 aromatic heterocycles. The monoisotopic (exact) mass is 646 g/mol. The number of hydrogen-bond donors (Lipinski definition) is 4. The zero-order valence-corrected chi connectivity index (χ0v) is 26.0. The number of fused-ring (bicyclic) bond motifs is 2. The zero-order chi connectivity index (χ0) is 34.3. The van der Waals surface area contributed by atoms with Crippen LogP contribution in [0, 0.1) is 0 Å². The molecule has 0 unspecified atom stereocenters. The summed E-state index contributed by atoms with van der Waals surface area (Å²) in [4.78, 5) is 45.8. The Bertz CT molecular complexity index is 2150. The van der Waals surface area contributed by atoms with Crippen LogP contribution in [0.5, 0.6) is 0 Å². The highest BCUT2D eigenvalue weighted by Gasteiger charge is 2.19. The number of anilines is 2. The van der Waals surface area contributed by atoms with Crippen molar-refractivity contribution in [1.82, 2.24) is 0 Å². The van der Waals surface area contributed by atoms with Crippen molar-refractivity contribution >= 4 is 56.7 Å². The summed E-state index contributed by atoms with van der Waals surface area (Å²) < 4.78 is 0. The van der Waals surface area contributed by atoms with Gasteiger partial charge in [-0.05, 0) is 73.6 Å². The van der Waals surface area contributed by atoms with Crippen molar-refractivity contribution in [2.75, 3.05) is 10.6 Å². The molecule has 49 heavy (non-hydrogen) atoms. The van der Waals surface area contributed by atoms with E-state index in [1.807, 2.05) is 54.6 Å². The summed E-state index contributed by atoms with van der Waals surface area (Å²) in [6.45, 7) is 0. The molecule has 8 heteroatoms. The molecule has 0 aliphatic rings. The van der Waals surface area contributed by atoms with E-state index in [2.05, 4.69) is 71.3 Å². The van der Waals surface area contributed by atoms with Crippen LogP contribution in [0.25, 0.3) is 32.7 Å². The van der Waals surface area contributed by atoms with E-state index in [0.717, 1.165) is 73.7 Å². The maximum absolute atomic E-state index is 12.1. The van der Waals surface area contributed by atoms with Gasteiger partial charge in [0.2, 0.25) is 11.8 Å². The van der Waals surface area contributed by atoms with E-state index in [4.69, 9.17) is 10.2 Å². The second kappa shape index (κ2) is 14.3. The Morgan fingerprint density at radius 3 is 1.33 bits per heavy atom. The third-order valence-electron chi connectivity index (χ3n) is 8.04. The minimum Gasteiger partial charge on any atom is -0.478 e. The Kier molecular flexibility index (Phi) is 9.39. The van der Waals surface area contributed by atoms with Gasteiger partial charge >= 0.3 is 11.9 Å². The topological polar surface area (TPSA) is 133 Å². The summed E-state index contributed by atoms with van der Waals surface area (Å²) in [6.07, 6.45) is 3.54. The molecule has 240 valence electrons. The Hall–Kier alpha value is -6.80. The molecule has 0 atom stereocenters.